The van der Waals surface area contributed by atoms with Crippen LogP contribution >= 0.6 is 0 Å². The lowest BCUT2D eigenvalue weighted by atomic mass is 9.91. The fourth-order valence-electron chi connectivity index (χ4n) is 3.45. The second-order valence-corrected chi connectivity index (χ2v) is 8.92. The molecule has 0 aliphatic carbocycles. The number of carbonyl (C=O) groups is 2. The molecule has 0 saturated heterocycles. The Bertz CT molecular complexity index is 1440. The highest BCUT2D eigenvalue weighted by molar-refractivity contribution is 7.89. The minimum absolute atomic E-state index is 0.0130. The molecule has 1 aliphatic heterocycles. The summed E-state index contributed by atoms with van der Waals surface area (Å²) in [6.07, 6.45) is 1.52. The first-order valence-corrected chi connectivity index (χ1v) is 11.4. The molecule has 0 spiro atoms. The number of amides is 2. The van der Waals surface area contributed by atoms with Gasteiger partial charge in [-0.15, -0.1) is 0 Å². The molecule has 4 N–H and O–H groups in total. The van der Waals surface area contributed by atoms with Crippen LogP contribution in [0.25, 0.3) is 16.7 Å². The van der Waals surface area contributed by atoms with Crippen molar-refractivity contribution in [1.29, 1.82) is 5.26 Å². The number of nitrogens with one attached hydrogen (secondary N) is 2. The highest BCUT2D eigenvalue weighted by Crippen LogP contribution is 2.29. The summed E-state index contributed by atoms with van der Waals surface area (Å²) < 4.78 is 22.7. The molecule has 1 heterocycles. The van der Waals surface area contributed by atoms with Gasteiger partial charge in [0.05, 0.1) is 22.1 Å². The molecule has 8 nitrogen and oxygen atoms in total. The van der Waals surface area contributed by atoms with Crippen LogP contribution in [0.4, 0.5) is 0 Å². The van der Waals surface area contributed by atoms with E-state index >= 15 is 0 Å². The molecular weight excluding hydrogens is 440 g/mol. The third kappa shape index (κ3) is 4.67. The van der Waals surface area contributed by atoms with Crippen LogP contribution in [0.1, 0.15) is 27.0 Å². The van der Waals surface area contributed by atoms with Crippen molar-refractivity contribution in [3.8, 4) is 17.2 Å². The summed E-state index contributed by atoms with van der Waals surface area (Å²) in [4.78, 5) is 24.9. The van der Waals surface area contributed by atoms with Gasteiger partial charge in [-0.25, -0.2) is 13.6 Å². The van der Waals surface area contributed by atoms with Gasteiger partial charge in [-0.05, 0) is 53.1 Å². The average Bonchev–Trinajstić information content (AvgIpc) is 2.80. The number of rotatable bonds is 5. The third-order valence-corrected chi connectivity index (χ3v) is 6.11. The van der Waals surface area contributed by atoms with Gasteiger partial charge in [0.25, 0.3) is 11.8 Å². The molecule has 0 fully saturated rings. The Labute approximate surface area is 190 Å². The summed E-state index contributed by atoms with van der Waals surface area (Å²) >= 11 is 0. The SMILES string of the molecule is N#Cc1ccc(-c2ccc3c(c2)/C(=C/NCc2ccc(S(N)(=O)=O)cc2)C(=O)NC3=O)cc1. The summed E-state index contributed by atoms with van der Waals surface area (Å²) in [6, 6.07) is 20.3. The summed E-state index contributed by atoms with van der Waals surface area (Å²) in [5, 5.41) is 19.5. The van der Waals surface area contributed by atoms with E-state index in [0.717, 1.165) is 16.7 Å². The minimum Gasteiger partial charge on any atom is -0.386 e. The van der Waals surface area contributed by atoms with E-state index in [-0.39, 0.29) is 4.90 Å². The lowest BCUT2D eigenvalue weighted by Gasteiger charge is -2.19. The fraction of sp³-hybridized carbons (Fsp3) is 0.0417. The van der Waals surface area contributed by atoms with Crippen LogP contribution in [0.5, 0.6) is 0 Å². The average molecular weight is 458 g/mol. The number of hydrogen-bond donors (Lipinski definition) is 3. The number of nitrogens with zero attached hydrogens (tertiary/aromatic N) is 1. The Kier molecular flexibility index (Phi) is 5.79. The predicted molar refractivity (Wildman–Crippen MR) is 122 cm³/mol. The van der Waals surface area contributed by atoms with Gasteiger partial charge in [-0.1, -0.05) is 30.3 Å². The van der Waals surface area contributed by atoms with Crippen molar-refractivity contribution in [3.63, 3.8) is 0 Å². The number of nitrogens with two attached hydrogens (primary N) is 1. The molecule has 0 radical (unpaired) electrons. The van der Waals surface area contributed by atoms with E-state index < -0.39 is 21.8 Å². The first-order valence-electron chi connectivity index (χ1n) is 9.82. The molecule has 33 heavy (non-hydrogen) atoms. The van der Waals surface area contributed by atoms with E-state index in [1.807, 2.05) is 0 Å². The van der Waals surface area contributed by atoms with Crippen LogP contribution in [-0.2, 0) is 21.4 Å². The van der Waals surface area contributed by atoms with E-state index in [1.165, 1.54) is 18.3 Å². The van der Waals surface area contributed by atoms with Crippen LogP contribution in [0.2, 0.25) is 0 Å². The van der Waals surface area contributed by atoms with Crippen molar-refractivity contribution in [3.05, 3.63) is 95.2 Å². The molecule has 164 valence electrons. The summed E-state index contributed by atoms with van der Waals surface area (Å²) in [5.74, 6) is -1.00. The van der Waals surface area contributed by atoms with Gasteiger partial charge in [0.1, 0.15) is 0 Å². The zero-order chi connectivity index (χ0) is 23.6. The van der Waals surface area contributed by atoms with E-state index in [9.17, 15) is 18.0 Å². The fourth-order valence-corrected chi connectivity index (χ4v) is 3.97. The van der Waals surface area contributed by atoms with E-state index in [1.54, 1.807) is 54.6 Å². The molecule has 0 saturated carbocycles. The van der Waals surface area contributed by atoms with Crippen LogP contribution < -0.4 is 15.8 Å². The Morgan fingerprint density at radius 3 is 2.21 bits per heavy atom. The number of sulfonamides is 1. The van der Waals surface area contributed by atoms with Crippen molar-refractivity contribution < 1.29 is 18.0 Å². The zero-order valence-electron chi connectivity index (χ0n) is 17.2. The second kappa shape index (κ2) is 8.70. The Morgan fingerprint density at radius 2 is 1.58 bits per heavy atom. The van der Waals surface area contributed by atoms with Crippen molar-refractivity contribution in [1.82, 2.24) is 10.6 Å². The monoisotopic (exact) mass is 458 g/mol. The molecule has 2 amide bonds. The van der Waals surface area contributed by atoms with E-state index in [4.69, 9.17) is 10.4 Å². The first kappa shape index (κ1) is 22.0. The number of primary sulfonamides is 1. The van der Waals surface area contributed by atoms with Gasteiger partial charge in [0, 0.05) is 23.9 Å². The van der Waals surface area contributed by atoms with Gasteiger partial charge < -0.3 is 5.32 Å². The van der Waals surface area contributed by atoms with Crippen LogP contribution in [-0.4, -0.2) is 20.2 Å². The van der Waals surface area contributed by atoms with Crippen molar-refractivity contribution >= 4 is 27.4 Å². The van der Waals surface area contributed by atoms with Gasteiger partial charge in [0.2, 0.25) is 10.0 Å². The van der Waals surface area contributed by atoms with Crippen LogP contribution in [0, 0.1) is 11.3 Å². The molecule has 9 heteroatoms. The number of nitriles is 1. The molecule has 1 aliphatic rings. The lowest BCUT2D eigenvalue weighted by Crippen LogP contribution is -2.37. The van der Waals surface area contributed by atoms with Gasteiger partial charge in [0.15, 0.2) is 0 Å². The normalized spacial score (nSPS) is 14.4. The van der Waals surface area contributed by atoms with Crippen molar-refractivity contribution in [2.24, 2.45) is 5.14 Å². The molecule has 4 rings (SSSR count). The predicted octanol–water partition coefficient (Wildman–Crippen LogP) is 2.27. The lowest BCUT2D eigenvalue weighted by molar-refractivity contribution is -0.114. The van der Waals surface area contributed by atoms with Gasteiger partial charge >= 0.3 is 0 Å². The first-order chi connectivity index (χ1) is 15.8. The molecule has 3 aromatic carbocycles. The molecule has 0 bridgehead atoms. The van der Waals surface area contributed by atoms with Gasteiger partial charge in [-0.2, -0.15) is 5.26 Å². The number of benzene rings is 3. The molecule has 0 aromatic heterocycles. The summed E-state index contributed by atoms with van der Waals surface area (Å²) in [7, 11) is -3.77. The number of hydrogen-bond acceptors (Lipinski definition) is 6. The van der Waals surface area contributed by atoms with Gasteiger partial charge in [-0.3, -0.25) is 14.9 Å². The van der Waals surface area contributed by atoms with Crippen LogP contribution in [0.15, 0.2) is 77.8 Å². The quantitative estimate of drug-likeness (QED) is 0.395. The topological polar surface area (TPSA) is 142 Å². The molecule has 0 atom stereocenters. The largest absolute Gasteiger partial charge is 0.386 e. The maximum absolute atomic E-state index is 12.5. The maximum atomic E-state index is 12.5. The van der Waals surface area contributed by atoms with E-state index in [2.05, 4.69) is 16.7 Å². The van der Waals surface area contributed by atoms with Crippen LogP contribution in [0.3, 0.4) is 0 Å². The highest BCUT2D eigenvalue weighted by atomic mass is 32.2. The van der Waals surface area contributed by atoms with Crippen molar-refractivity contribution in [2.75, 3.05) is 0 Å². The smallest absolute Gasteiger partial charge is 0.260 e. The molecule has 3 aromatic rings. The Hall–Kier alpha value is -4.26. The number of imide groups is 1. The number of carbonyl (C=O) groups excluding carboxylic acids is 2. The highest BCUT2D eigenvalue weighted by Gasteiger charge is 2.27. The van der Waals surface area contributed by atoms with Crippen molar-refractivity contribution in [2.45, 2.75) is 11.4 Å². The Balaban J connectivity index is 1.61. The summed E-state index contributed by atoms with van der Waals surface area (Å²) in [5.41, 5.74) is 4.11. The molecular formula is C24H18N4O4S. The molecule has 0 unspecified atom stereocenters. The Morgan fingerprint density at radius 1 is 0.909 bits per heavy atom. The summed E-state index contributed by atoms with van der Waals surface area (Å²) in [6.45, 7) is 0.320. The minimum atomic E-state index is -3.77. The number of fused-ring (bicyclic) bond motifs is 1. The van der Waals surface area contributed by atoms with E-state index in [0.29, 0.717) is 28.8 Å². The standard InChI is InChI=1S/C24H18N4O4S/c25-12-15-1-5-17(6-2-15)18-7-10-20-21(11-18)22(24(30)28-23(20)29)14-27-13-16-3-8-19(9-4-16)33(26,31)32/h1-11,14,27H,13H2,(H2,26,31,32)(H,28,29,30)/b22-14-. The zero-order valence-corrected chi connectivity index (χ0v) is 18.0. The maximum Gasteiger partial charge on any atom is 0.260 e. The second-order valence-electron chi connectivity index (χ2n) is 7.36. The third-order valence-electron chi connectivity index (χ3n) is 5.18.